The summed E-state index contributed by atoms with van der Waals surface area (Å²) in [5.41, 5.74) is 3.68. The Balaban J connectivity index is 2.01. The lowest BCUT2D eigenvalue weighted by Gasteiger charge is -2.17. The van der Waals surface area contributed by atoms with Crippen LogP contribution in [0.2, 0.25) is 0 Å². The van der Waals surface area contributed by atoms with Crippen molar-refractivity contribution in [3.05, 3.63) is 47.5 Å². The summed E-state index contributed by atoms with van der Waals surface area (Å²) in [6.45, 7) is 3.73. The topological polar surface area (TPSA) is 107 Å². The third-order valence-corrected chi connectivity index (χ3v) is 6.13. The molecule has 0 heterocycles. The van der Waals surface area contributed by atoms with Crippen molar-refractivity contribution in [1.82, 2.24) is 9.73 Å². The number of carbonyl (C=O) groups is 1. The van der Waals surface area contributed by atoms with Gasteiger partial charge in [0.25, 0.3) is 5.91 Å². The van der Waals surface area contributed by atoms with Crippen LogP contribution in [-0.4, -0.2) is 59.3 Å². The molecule has 0 saturated heterocycles. The summed E-state index contributed by atoms with van der Waals surface area (Å²) in [7, 11) is 0.525. The first-order chi connectivity index (χ1) is 14.7. The summed E-state index contributed by atoms with van der Waals surface area (Å²) in [4.78, 5) is 12.2. The highest BCUT2D eigenvalue weighted by atomic mass is 32.2. The van der Waals surface area contributed by atoms with Gasteiger partial charge in [-0.3, -0.25) is 4.79 Å². The fourth-order valence-corrected chi connectivity index (χ4v) is 3.94. The SMILES string of the molecule is CCOc1ccc(/C=N\NC(=O)CN(C)S(=O)(=O)c2ccc(OC)c(C)c2)cc1OC. The molecule has 0 aliphatic carbocycles. The van der Waals surface area contributed by atoms with E-state index in [0.29, 0.717) is 35.0 Å². The maximum absolute atomic E-state index is 12.7. The summed E-state index contributed by atoms with van der Waals surface area (Å²) >= 11 is 0. The fourth-order valence-electron chi connectivity index (χ4n) is 2.73. The number of rotatable bonds is 10. The molecular formula is C21H27N3O6S. The molecule has 0 unspecified atom stereocenters. The van der Waals surface area contributed by atoms with Gasteiger partial charge in [0, 0.05) is 7.05 Å². The summed E-state index contributed by atoms with van der Waals surface area (Å²) in [6, 6.07) is 9.72. The van der Waals surface area contributed by atoms with Gasteiger partial charge < -0.3 is 14.2 Å². The zero-order valence-electron chi connectivity index (χ0n) is 18.2. The zero-order chi connectivity index (χ0) is 23.0. The Morgan fingerprint density at radius 3 is 2.39 bits per heavy atom. The molecule has 1 N–H and O–H groups in total. The van der Waals surface area contributed by atoms with Gasteiger partial charge in [0.05, 0.1) is 38.5 Å². The van der Waals surface area contributed by atoms with Crippen molar-refractivity contribution in [2.24, 2.45) is 5.10 Å². The van der Waals surface area contributed by atoms with E-state index in [9.17, 15) is 13.2 Å². The van der Waals surface area contributed by atoms with E-state index in [4.69, 9.17) is 14.2 Å². The van der Waals surface area contributed by atoms with Gasteiger partial charge in [-0.05, 0) is 61.4 Å². The Labute approximate surface area is 182 Å². The number of nitrogens with zero attached hydrogens (tertiary/aromatic N) is 2. The largest absolute Gasteiger partial charge is 0.496 e. The first kappa shape index (κ1) is 24.2. The van der Waals surface area contributed by atoms with Gasteiger partial charge in [0.2, 0.25) is 10.0 Å². The predicted molar refractivity (Wildman–Crippen MR) is 117 cm³/mol. The molecule has 0 atom stereocenters. The first-order valence-electron chi connectivity index (χ1n) is 9.46. The van der Waals surface area contributed by atoms with Crippen LogP contribution < -0.4 is 19.6 Å². The second-order valence-electron chi connectivity index (χ2n) is 6.53. The van der Waals surface area contributed by atoms with Gasteiger partial charge in [-0.15, -0.1) is 0 Å². The van der Waals surface area contributed by atoms with E-state index in [2.05, 4.69) is 10.5 Å². The Bertz CT molecular complexity index is 1050. The van der Waals surface area contributed by atoms with E-state index >= 15 is 0 Å². The summed E-state index contributed by atoms with van der Waals surface area (Å²) in [6.07, 6.45) is 1.43. The van der Waals surface area contributed by atoms with E-state index in [0.717, 1.165) is 4.31 Å². The number of likely N-dealkylation sites (N-methyl/N-ethyl adjacent to an activating group) is 1. The fraction of sp³-hybridized carbons (Fsp3) is 0.333. The Morgan fingerprint density at radius 1 is 1.10 bits per heavy atom. The number of carbonyl (C=O) groups excluding carboxylic acids is 1. The molecule has 2 aromatic rings. The number of methoxy groups -OCH3 is 2. The highest BCUT2D eigenvalue weighted by Crippen LogP contribution is 2.27. The van der Waals surface area contributed by atoms with Gasteiger partial charge >= 0.3 is 0 Å². The van der Waals surface area contributed by atoms with Crippen LogP contribution in [0.25, 0.3) is 0 Å². The molecule has 0 bridgehead atoms. The number of benzene rings is 2. The Kier molecular flexibility index (Phi) is 8.40. The maximum Gasteiger partial charge on any atom is 0.255 e. The molecule has 2 rings (SSSR count). The van der Waals surface area contributed by atoms with Crippen molar-refractivity contribution in [2.45, 2.75) is 18.7 Å². The number of nitrogens with one attached hydrogen (secondary N) is 1. The second-order valence-corrected chi connectivity index (χ2v) is 8.57. The lowest BCUT2D eigenvalue weighted by Crippen LogP contribution is -2.36. The third kappa shape index (κ3) is 6.19. The van der Waals surface area contributed by atoms with Crippen LogP contribution in [0.3, 0.4) is 0 Å². The van der Waals surface area contributed by atoms with Crippen molar-refractivity contribution in [3.8, 4) is 17.2 Å². The van der Waals surface area contributed by atoms with Crippen molar-refractivity contribution < 1.29 is 27.4 Å². The number of hydrazone groups is 1. The molecule has 0 saturated carbocycles. The molecule has 0 aliphatic rings. The number of sulfonamides is 1. The quantitative estimate of drug-likeness (QED) is 0.440. The third-order valence-electron chi connectivity index (χ3n) is 4.33. The molecule has 0 spiro atoms. The number of hydrogen-bond donors (Lipinski definition) is 1. The lowest BCUT2D eigenvalue weighted by atomic mass is 10.2. The normalized spacial score (nSPS) is 11.5. The first-order valence-corrected chi connectivity index (χ1v) is 10.9. The lowest BCUT2D eigenvalue weighted by molar-refractivity contribution is -0.121. The van der Waals surface area contributed by atoms with E-state index in [1.165, 1.54) is 39.6 Å². The Morgan fingerprint density at radius 2 is 1.77 bits per heavy atom. The average Bonchev–Trinajstić information content (AvgIpc) is 2.74. The average molecular weight is 450 g/mol. The highest BCUT2D eigenvalue weighted by Gasteiger charge is 2.23. The maximum atomic E-state index is 12.7. The van der Waals surface area contributed by atoms with Gasteiger partial charge in [-0.25, -0.2) is 13.8 Å². The van der Waals surface area contributed by atoms with Gasteiger partial charge in [0.1, 0.15) is 5.75 Å². The highest BCUT2D eigenvalue weighted by molar-refractivity contribution is 7.89. The molecule has 0 aliphatic heterocycles. The van der Waals surface area contributed by atoms with Crippen LogP contribution in [0.15, 0.2) is 46.4 Å². The van der Waals surface area contributed by atoms with Gasteiger partial charge in [-0.2, -0.15) is 9.41 Å². The number of hydrogen-bond acceptors (Lipinski definition) is 7. The second kappa shape index (κ2) is 10.8. The molecule has 0 aromatic heterocycles. The number of aryl methyl sites for hydroxylation is 1. The molecule has 31 heavy (non-hydrogen) atoms. The molecule has 168 valence electrons. The minimum atomic E-state index is -3.84. The Hall–Kier alpha value is -3.11. The molecule has 9 nitrogen and oxygen atoms in total. The van der Waals surface area contributed by atoms with E-state index in [1.807, 2.05) is 6.92 Å². The molecule has 0 radical (unpaired) electrons. The molecule has 0 fully saturated rings. The van der Waals surface area contributed by atoms with Gasteiger partial charge in [0.15, 0.2) is 11.5 Å². The summed E-state index contributed by atoms with van der Waals surface area (Å²) in [5.74, 6) is 1.15. The number of ether oxygens (including phenoxy) is 3. The number of amides is 1. The minimum Gasteiger partial charge on any atom is -0.496 e. The van der Waals surface area contributed by atoms with Crippen LogP contribution in [0.5, 0.6) is 17.2 Å². The van der Waals surface area contributed by atoms with Crippen molar-refractivity contribution in [3.63, 3.8) is 0 Å². The molecule has 2 aromatic carbocycles. The van der Waals surface area contributed by atoms with Crippen LogP contribution in [0.1, 0.15) is 18.1 Å². The van der Waals surface area contributed by atoms with E-state index in [1.54, 1.807) is 31.2 Å². The minimum absolute atomic E-state index is 0.0751. The van der Waals surface area contributed by atoms with E-state index in [-0.39, 0.29) is 4.90 Å². The van der Waals surface area contributed by atoms with Crippen LogP contribution in [-0.2, 0) is 14.8 Å². The zero-order valence-corrected chi connectivity index (χ0v) is 19.0. The van der Waals surface area contributed by atoms with Gasteiger partial charge in [-0.1, -0.05) is 0 Å². The molecule has 10 heteroatoms. The smallest absolute Gasteiger partial charge is 0.255 e. The van der Waals surface area contributed by atoms with Crippen molar-refractivity contribution in [2.75, 3.05) is 34.4 Å². The monoisotopic (exact) mass is 449 g/mol. The van der Waals surface area contributed by atoms with Crippen molar-refractivity contribution in [1.29, 1.82) is 0 Å². The van der Waals surface area contributed by atoms with E-state index < -0.39 is 22.5 Å². The predicted octanol–water partition coefficient (Wildman–Crippen LogP) is 2.18. The summed E-state index contributed by atoms with van der Waals surface area (Å²) < 4.78 is 42.2. The van der Waals surface area contributed by atoms with Crippen LogP contribution in [0.4, 0.5) is 0 Å². The standard InChI is InChI=1S/C21H27N3O6S/c1-6-30-19-9-7-16(12-20(19)29-5)13-22-23-21(25)14-24(3)31(26,27)17-8-10-18(28-4)15(2)11-17/h7-13H,6,14H2,1-5H3,(H,23,25)/b22-13-. The van der Waals surface area contributed by atoms with Crippen LogP contribution >= 0.6 is 0 Å². The molecule has 1 amide bonds. The summed E-state index contributed by atoms with van der Waals surface area (Å²) in [5, 5.41) is 3.88. The van der Waals surface area contributed by atoms with Crippen LogP contribution in [0, 0.1) is 6.92 Å². The van der Waals surface area contributed by atoms with Crippen molar-refractivity contribution >= 4 is 22.1 Å². The molecular weight excluding hydrogens is 422 g/mol.